The largest absolute Gasteiger partial charge is 0.493 e. The second-order valence-electron chi connectivity index (χ2n) is 7.48. The molecule has 8 heteroatoms. The molecule has 34 heavy (non-hydrogen) atoms. The first-order chi connectivity index (χ1) is 16.4. The topological polar surface area (TPSA) is 77.0 Å². The smallest absolute Gasteiger partial charge is 0.279 e. The zero-order valence-electron chi connectivity index (χ0n) is 18.5. The van der Waals surface area contributed by atoms with Crippen molar-refractivity contribution in [3.8, 4) is 11.5 Å². The van der Waals surface area contributed by atoms with Gasteiger partial charge in [-0.25, -0.2) is 0 Å². The molecule has 172 valence electrons. The highest BCUT2D eigenvalue weighted by molar-refractivity contribution is 8.18. The minimum atomic E-state index is -0.461. The molecule has 0 aliphatic carbocycles. The Bertz CT molecular complexity index is 1290. The van der Waals surface area contributed by atoms with Crippen LogP contribution in [0.2, 0.25) is 5.02 Å². The molecule has 1 saturated heterocycles. The molecule has 1 N–H and O–H groups in total. The molecule has 1 heterocycles. The fourth-order valence-corrected chi connectivity index (χ4v) is 4.07. The lowest BCUT2D eigenvalue weighted by atomic mass is 10.1. The van der Waals surface area contributed by atoms with Crippen LogP contribution in [0, 0.1) is 6.92 Å². The molecule has 1 aliphatic heterocycles. The number of aryl methyl sites for hydroxylation is 1. The van der Waals surface area contributed by atoms with Gasteiger partial charge in [0.05, 0.1) is 12.0 Å². The molecule has 1 aliphatic rings. The van der Waals surface area contributed by atoms with Crippen LogP contribution < -0.4 is 14.8 Å². The summed E-state index contributed by atoms with van der Waals surface area (Å²) in [7, 11) is 1.56. The molecule has 3 aromatic carbocycles. The predicted molar refractivity (Wildman–Crippen MR) is 135 cm³/mol. The molecule has 0 bridgehead atoms. The Labute approximate surface area is 206 Å². The molecule has 0 spiro atoms. The van der Waals surface area contributed by atoms with E-state index >= 15 is 0 Å². The van der Waals surface area contributed by atoms with Gasteiger partial charge in [-0.1, -0.05) is 47.5 Å². The third kappa shape index (κ3) is 5.87. The third-order valence-corrected chi connectivity index (χ3v) is 6.11. The van der Waals surface area contributed by atoms with Crippen LogP contribution in [-0.2, 0) is 11.4 Å². The van der Waals surface area contributed by atoms with E-state index in [2.05, 4.69) is 10.3 Å². The summed E-state index contributed by atoms with van der Waals surface area (Å²) in [6, 6.07) is 19.9. The molecule has 3 aromatic rings. The SMILES string of the molecule is COc1cc(/C=C2\SC(=NC(=O)c3ccc(Cl)cc3)NC2=O)ccc1OCc1ccc(C)cc1. The Kier molecular flexibility index (Phi) is 7.35. The van der Waals surface area contributed by atoms with Gasteiger partial charge in [-0.3, -0.25) is 9.59 Å². The number of methoxy groups -OCH3 is 1. The second kappa shape index (κ2) is 10.6. The maximum Gasteiger partial charge on any atom is 0.279 e. The summed E-state index contributed by atoms with van der Waals surface area (Å²) in [5, 5.41) is 3.37. The van der Waals surface area contributed by atoms with Gasteiger partial charge < -0.3 is 14.8 Å². The number of ether oxygens (including phenoxy) is 2. The van der Waals surface area contributed by atoms with Crippen molar-refractivity contribution in [2.24, 2.45) is 4.99 Å². The number of thioether (sulfide) groups is 1. The summed E-state index contributed by atoms with van der Waals surface area (Å²) >= 11 is 6.95. The summed E-state index contributed by atoms with van der Waals surface area (Å²) in [5.74, 6) is 0.366. The summed E-state index contributed by atoms with van der Waals surface area (Å²) in [4.78, 5) is 29.2. The molecular weight excluding hydrogens is 472 g/mol. The van der Waals surface area contributed by atoms with Crippen molar-refractivity contribution < 1.29 is 19.1 Å². The van der Waals surface area contributed by atoms with Crippen molar-refractivity contribution in [3.63, 3.8) is 0 Å². The lowest BCUT2D eigenvalue weighted by molar-refractivity contribution is -0.115. The number of amidine groups is 1. The number of amides is 2. The van der Waals surface area contributed by atoms with Crippen LogP contribution in [0.15, 0.2) is 76.6 Å². The molecule has 4 rings (SSSR count). The summed E-state index contributed by atoms with van der Waals surface area (Å²) < 4.78 is 11.4. The van der Waals surface area contributed by atoms with E-state index in [-0.39, 0.29) is 11.1 Å². The van der Waals surface area contributed by atoms with Gasteiger partial charge in [0, 0.05) is 10.6 Å². The Morgan fingerprint density at radius 3 is 2.50 bits per heavy atom. The second-order valence-corrected chi connectivity index (χ2v) is 8.95. The van der Waals surface area contributed by atoms with Gasteiger partial charge in [0.1, 0.15) is 6.61 Å². The minimum absolute atomic E-state index is 0.223. The van der Waals surface area contributed by atoms with Crippen molar-refractivity contribution in [3.05, 3.63) is 98.9 Å². The third-order valence-electron chi connectivity index (χ3n) is 4.95. The maximum atomic E-state index is 12.4. The minimum Gasteiger partial charge on any atom is -0.493 e. The molecule has 2 amide bonds. The van der Waals surface area contributed by atoms with Crippen molar-refractivity contribution in [1.82, 2.24) is 5.32 Å². The standard InChI is InChI=1S/C26H21ClN2O4S/c1-16-3-5-17(6-4-16)15-33-21-12-7-18(13-22(21)32-2)14-23-25(31)29-26(34-23)28-24(30)19-8-10-20(27)11-9-19/h3-14H,15H2,1-2H3,(H,28,29,30,31)/b23-14-. The van der Waals surface area contributed by atoms with Gasteiger partial charge in [0.15, 0.2) is 16.7 Å². The summed E-state index contributed by atoms with van der Waals surface area (Å²) in [6.45, 7) is 2.45. The van der Waals surface area contributed by atoms with E-state index in [1.807, 2.05) is 37.3 Å². The first-order valence-electron chi connectivity index (χ1n) is 10.4. The van der Waals surface area contributed by atoms with E-state index in [4.69, 9.17) is 21.1 Å². The number of hydrogen-bond donors (Lipinski definition) is 1. The number of hydrogen-bond acceptors (Lipinski definition) is 5. The number of benzene rings is 3. The number of carbonyl (C=O) groups is 2. The van der Waals surface area contributed by atoms with Gasteiger partial charge in [-0.05, 0) is 72.3 Å². The van der Waals surface area contributed by atoms with E-state index in [0.29, 0.717) is 33.6 Å². The molecular formula is C26H21ClN2O4S. The first-order valence-corrected chi connectivity index (χ1v) is 11.6. The predicted octanol–water partition coefficient (Wildman–Crippen LogP) is 5.64. The highest BCUT2D eigenvalue weighted by Crippen LogP contribution is 2.32. The Morgan fingerprint density at radius 1 is 1.06 bits per heavy atom. The number of nitrogens with one attached hydrogen (secondary N) is 1. The quantitative estimate of drug-likeness (QED) is 0.451. The average molecular weight is 493 g/mol. The van der Waals surface area contributed by atoms with E-state index in [0.717, 1.165) is 22.9 Å². The van der Waals surface area contributed by atoms with Crippen LogP contribution in [-0.4, -0.2) is 24.1 Å². The van der Waals surface area contributed by atoms with Crippen LogP contribution in [0.1, 0.15) is 27.0 Å². The molecule has 0 atom stereocenters. The lowest BCUT2D eigenvalue weighted by Crippen LogP contribution is -2.20. The van der Waals surface area contributed by atoms with Crippen LogP contribution in [0.5, 0.6) is 11.5 Å². The zero-order valence-corrected chi connectivity index (χ0v) is 20.1. The van der Waals surface area contributed by atoms with Gasteiger partial charge in [0.2, 0.25) is 0 Å². The monoisotopic (exact) mass is 492 g/mol. The van der Waals surface area contributed by atoms with Crippen molar-refractivity contribution >= 4 is 46.4 Å². The number of nitrogens with zero attached hydrogens (tertiary/aromatic N) is 1. The number of aliphatic imine (C=N–C) groups is 1. The molecule has 0 saturated carbocycles. The normalized spacial score (nSPS) is 15.4. The Morgan fingerprint density at radius 2 is 1.79 bits per heavy atom. The van der Waals surface area contributed by atoms with Crippen molar-refractivity contribution in [1.29, 1.82) is 0 Å². The molecule has 0 aromatic heterocycles. The van der Waals surface area contributed by atoms with Gasteiger partial charge in [-0.15, -0.1) is 0 Å². The molecule has 1 fully saturated rings. The highest BCUT2D eigenvalue weighted by Gasteiger charge is 2.25. The van der Waals surface area contributed by atoms with Crippen LogP contribution in [0.25, 0.3) is 6.08 Å². The van der Waals surface area contributed by atoms with Crippen LogP contribution >= 0.6 is 23.4 Å². The van der Waals surface area contributed by atoms with Gasteiger partial charge in [-0.2, -0.15) is 4.99 Å². The van der Waals surface area contributed by atoms with Crippen molar-refractivity contribution in [2.45, 2.75) is 13.5 Å². The molecule has 0 radical (unpaired) electrons. The fraction of sp³-hybridized carbons (Fsp3) is 0.115. The van der Waals surface area contributed by atoms with E-state index in [1.54, 1.807) is 49.6 Å². The molecule has 0 unspecified atom stereocenters. The average Bonchev–Trinajstić information content (AvgIpc) is 3.17. The number of rotatable bonds is 6. The Hall–Kier alpha value is -3.55. The highest BCUT2D eigenvalue weighted by atomic mass is 35.5. The maximum absolute atomic E-state index is 12.4. The van der Waals surface area contributed by atoms with Crippen molar-refractivity contribution in [2.75, 3.05) is 7.11 Å². The fourth-order valence-electron chi connectivity index (χ4n) is 3.12. The lowest BCUT2D eigenvalue weighted by Gasteiger charge is -2.11. The summed E-state index contributed by atoms with van der Waals surface area (Å²) in [5.41, 5.74) is 3.38. The Balaban J connectivity index is 1.46. The number of halogens is 1. The van der Waals surface area contributed by atoms with Crippen LogP contribution in [0.3, 0.4) is 0 Å². The van der Waals surface area contributed by atoms with E-state index in [9.17, 15) is 9.59 Å². The van der Waals surface area contributed by atoms with Crippen LogP contribution in [0.4, 0.5) is 0 Å². The van der Waals surface area contributed by atoms with E-state index in [1.165, 1.54) is 5.56 Å². The zero-order chi connectivity index (χ0) is 24.1. The van der Waals surface area contributed by atoms with E-state index < -0.39 is 5.91 Å². The number of carbonyl (C=O) groups excluding carboxylic acids is 2. The summed E-state index contributed by atoms with van der Waals surface area (Å²) in [6.07, 6.45) is 1.71. The first kappa shape index (κ1) is 23.6. The van der Waals surface area contributed by atoms with Gasteiger partial charge >= 0.3 is 0 Å². The molecule has 6 nitrogen and oxygen atoms in total. The van der Waals surface area contributed by atoms with Gasteiger partial charge in [0.25, 0.3) is 11.8 Å².